The van der Waals surface area contributed by atoms with Crippen LogP contribution in [0.5, 0.6) is 0 Å². The topological polar surface area (TPSA) is 63.0 Å². The van der Waals surface area contributed by atoms with E-state index in [1.807, 2.05) is 6.21 Å². The van der Waals surface area contributed by atoms with Crippen molar-refractivity contribution in [3.8, 4) is 0 Å². The highest BCUT2D eigenvalue weighted by Gasteiger charge is 2.20. The van der Waals surface area contributed by atoms with Gasteiger partial charge < -0.3 is 4.98 Å². The fourth-order valence-electron chi connectivity index (χ4n) is 4.10. The number of halogens is 1. The van der Waals surface area contributed by atoms with Crippen molar-refractivity contribution in [3.63, 3.8) is 0 Å². The van der Waals surface area contributed by atoms with Crippen LogP contribution in [0.25, 0.3) is 21.9 Å². The third-order valence-electron chi connectivity index (χ3n) is 5.85. The zero-order valence-corrected chi connectivity index (χ0v) is 17.7. The molecule has 2 atom stereocenters. The van der Waals surface area contributed by atoms with Crippen LogP contribution in [0.15, 0.2) is 57.7 Å². The largest absolute Gasteiger partial charge is 0.349 e. The monoisotopic (exact) mass is 406 g/mol. The average molecular weight is 407 g/mol. The smallest absolute Gasteiger partial charge is 0.298 e. The minimum absolute atomic E-state index is 0.283. The lowest BCUT2D eigenvalue weighted by molar-refractivity contribution is 0.429. The van der Waals surface area contributed by atoms with Crippen LogP contribution in [0.1, 0.15) is 46.5 Å². The Kier molecular flexibility index (Phi) is 5.66. The van der Waals surface area contributed by atoms with E-state index in [1.165, 1.54) is 34.3 Å². The van der Waals surface area contributed by atoms with Crippen molar-refractivity contribution in [2.45, 2.75) is 46.5 Å². The van der Waals surface area contributed by atoms with Gasteiger partial charge in [0.1, 0.15) is 23.2 Å². The number of aromatic nitrogens is 3. The lowest BCUT2D eigenvalue weighted by Crippen LogP contribution is -2.21. The molecule has 0 saturated carbocycles. The Morgan fingerprint density at radius 1 is 1.40 bits per heavy atom. The average Bonchev–Trinajstić information content (AvgIpc) is 3.07. The Morgan fingerprint density at radius 2 is 2.23 bits per heavy atom. The highest BCUT2D eigenvalue weighted by Crippen LogP contribution is 2.30. The van der Waals surface area contributed by atoms with Crippen LogP contribution in [-0.2, 0) is 0 Å². The Bertz CT molecular complexity index is 1230. The van der Waals surface area contributed by atoms with Gasteiger partial charge in [-0.05, 0) is 63.6 Å². The quantitative estimate of drug-likeness (QED) is 0.445. The second-order valence-electron chi connectivity index (χ2n) is 8.46. The number of benzene rings is 1. The molecule has 0 spiro atoms. The van der Waals surface area contributed by atoms with Crippen LogP contribution < -0.4 is 5.56 Å². The molecular weight excluding hydrogens is 379 g/mol. The lowest BCUT2D eigenvalue weighted by atomic mass is 9.80. The van der Waals surface area contributed by atoms with Gasteiger partial charge in [-0.3, -0.25) is 4.79 Å². The molecule has 156 valence electrons. The Morgan fingerprint density at radius 3 is 3.00 bits per heavy atom. The molecule has 0 aliphatic heterocycles. The number of rotatable bonds is 5. The van der Waals surface area contributed by atoms with Crippen molar-refractivity contribution in [3.05, 3.63) is 64.0 Å². The summed E-state index contributed by atoms with van der Waals surface area (Å²) >= 11 is 0. The van der Waals surface area contributed by atoms with E-state index in [0.29, 0.717) is 27.9 Å². The second kappa shape index (κ2) is 8.38. The highest BCUT2D eigenvalue weighted by molar-refractivity contribution is 6.04. The summed E-state index contributed by atoms with van der Waals surface area (Å²) in [6.07, 6.45) is 12.1. The zero-order chi connectivity index (χ0) is 21.3. The van der Waals surface area contributed by atoms with E-state index in [0.717, 1.165) is 25.7 Å². The molecule has 30 heavy (non-hydrogen) atoms. The van der Waals surface area contributed by atoms with Crippen molar-refractivity contribution in [1.29, 1.82) is 0 Å². The Hall–Kier alpha value is -3.02. The first kappa shape index (κ1) is 20.3. The van der Waals surface area contributed by atoms with Crippen molar-refractivity contribution in [2.24, 2.45) is 16.9 Å². The summed E-state index contributed by atoms with van der Waals surface area (Å²) in [5, 5.41) is 5.01. The summed E-state index contributed by atoms with van der Waals surface area (Å²) < 4.78 is 14.8. The van der Waals surface area contributed by atoms with Gasteiger partial charge >= 0.3 is 0 Å². The first-order valence-electron chi connectivity index (χ1n) is 10.5. The van der Waals surface area contributed by atoms with E-state index in [4.69, 9.17) is 0 Å². The molecule has 0 radical (unpaired) electrons. The first-order valence-corrected chi connectivity index (χ1v) is 10.5. The van der Waals surface area contributed by atoms with Crippen molar-refractivity contribution in [2.75, 3.05) is 0 Å². The van der Waals surface area contributed by atoms with Gasteiger partial charge in [0.15, 0.2) is 0 Å². The van der Waals surface area contributed by atoms with Gasteiger partial charge in [0.05, 0.1) is 0 Å². The summed E-state index contributed by atoms with van der Waals surface area (Å²) in [6.45, 7) is 6.50. The van der Waals surface area contributed by atoms with Gasteiger partial charge in [0.25, 0.3) is 5.56 Å². The molecule has 0 fully saturated rings. The molecule has 1 aromatic carbocycles. The van der Waals surface area contributed by atoms with Crippen LogP contribution in [0.4, 0.5) is 4.39 Å². The van der Waals surface area contributed by atoms with Crippen LogP contribution in [0, 0.1) is 17.7 Å². The maximum atomic E-state index is 13.6. The van der Waals surface area contributed by atoms with E-state index in [-0.39, 0.29) is 17.3 Å². The molecule has 2 heterocycles. The van der Waals surface area contributed by atoms with Gasteiger partial charge in [-0.15, -0.1) is 0 Å². The molecule has 0 bridgehead atoms. The normalized spacial score (nSPS) is 19.5. The third-order valence-corrected chi connectivity index (χ3v) is 5.85. The predicted octanol–water partition coefficient (Wildman–Crippen LogP) is 5.57. The number of allylic oxidation sites excluding steroid dienone is 4. The molecule has 2 aromatic heterocycles. The number of aromatic amines is 1. The van der Waals surface area contributed by atoms with Gasteiger partial charge in [-0.25, -0.2) is 9.37 Å². The summed E-state index contributed by atoms with van der Waals surface area (Å²) in [5.74, 6) is 0.410. The summed E-state index contributed by atoms with van der Waals surface area (Å²) in [4.78, 5) is 20.2. The third kappa shape index (κ3) is 4.13. The van der Waals surface area contributed by atoms with E-state index in [9.17, 15) is 9.18 Å². The highest BCUT2D eigenvalue weighted by atomic mass is 19.1. The van der Waals surface area contributed by atoms with Crippen molar-refractivity contribution in [1.82, 2.24) is 14.6 Å². The Labute approximate surface area is 175 Å². The van der Waals surface area contributed by atoms with Gasteiger partial charge in [0, 0.05) is 23.0 Å². The van der Waals surface area contributed by atoms with Gasteiger partial charge in [0.2, 0.25) is 0 Å². The van der Waals surface area contributed by atoms with Crippen molar-refractivity contribution < 1.29 is 4.39 Å². The molecule has 1 aliphatic rings. The SMILES string of the molecule is CC(C)=CCCC1=CCC(C=Nn2cnc3c([nH]c4ccc(F)cc43)c2=O)C(C)C1. The molecule has 1 N–H and O–H groups in total. The minimum atomic E-state index is -0.355. The molecule has 1 aliphatic carbocycles. The second-order valence-corrected chi connectivity index (χ2v) is 8.46. The summed E-state index contributed by atoms with van der Waals surface area (Å²) in [6, 6.07) is 4.37. The van der Waals surface area contributed by atoms with Crippen LogP contribution in [0.2, 0.25) is 0 Å². The maximum Gasteiger partial charge on any atom is 0.298 e. The van der Waals surface area contributed by atoms with E-state index in [2.05, 4.69) is 48.0 Å². The first-order chi connectivity index (χ1) is 14.4. The lowest BCUT2D eigenvalue weighted by Gasteiger charge is -2.25. The van der Waals surface area contributed by atoms with Crippen molar-refractivity contribution >= 4 is 28.2 Å². The standard InChI is InChI=1S/C24H27FN4O/c1-15(2)5-4-6-17-7-8-18(16(3)11-17)13-27-29-14-26-22-20-12-19(25)9-10-21(20)28-23(22)24(29)30/h5,7,9-10,12-14,16,18,28H,4,6,8,11H2,1-3H3. The summed E-state index contributed by atoms with van der Waals surface area (Å²) in [7, 11) is 0. The van der Waals surface area contributed by atoms with Crippen LogP contribution >= 0.6 is 0 Å². The molecule has 3 aromatic rings. The predicted molar refractivity (Wildman–Crippen MR) is 120 cm³/mol. The summed E-state index contributed by atoms with van der Waals surface area (Å²) in [5.41, 5.74) is 4.08. The fraction of sp³-hybridized carbons (Fsp3) is 0.375. The zero-order valence-electron chi connectivity index (χ0n) is 17.7. The van der Waals surface area contributed by atoms with Crippen LogP contribution in [0.3, 0.4) is 0 Å². The number of nitrogens with one attached hydrogen (secondary N) is 1. The number of H-pyrrole nitrogens is 1. The molecule has 0 saturated heterocycles. The molecule has 0 amide bonds. The van der Waals surface area contributed by atoms with E-state index < -0.39 is 0 Å². The number of nitrogens with zero attached hydrogens (tertiary/aromatic N) is 3. The van der Waals surface area contributed by atoms with E-state index in [1.54, 1.807) is 6.07 Å². The maximum absolute atomic E-state index is 13.6. The van der Waals surface area contributed by atoms with E-state index >= 15 is 0 Å². The molecule has 4 rings (SSSR count). The number of hydrogen-bond acceptors (Lipinski definition) is 3. The van der Waals surface area contributed by atoms with Crippen LogP contribution in [-0.4, -0.2) is 20.9 Å². The molecule has 2 unspecified atom stereocenters. The van der Waals surface area contributed by atoms with Gasteiger partial charge in [-0.1, -0.05) is 30.2 Å². The minimum Gasteiger partial charge on any atom is -0.349 e. The van der Waals surface area contributed by atoms with Gasteiger partial charge in [-0.2, -0.15) is 9.78 Å². The molecule has 6 heteroatoms. The molecule has 5 nitrogen and oxygen atoms in total. The Balaban J connectivity index is 1.53. The fourth-order valence-corrected chi connectivity index (χ4v) is 4.10. The number of fused-ring (bicyclic) bond motifs is 3. The number of hydrogen-bond donors (Lipinski definition) is 1. The molecular formula is C24H27FN4O.